The molecule has 0 aliphatic carbocycles. The van der Waals surface area contributed by atoms with Crippen molar-refractivity contribution in [3.05, 3.63) is 51.7 Å². The molecule has 23 heavy (non-hydrogen) atoms. The highest BCUT2D eigenvalue weighted by atomic mass is 16.4. The van der Waals surface area contributed by atoms with E-state index in [4.69, 9.17) is 4.42 Å². The zero-order valence-electron chi connectivity index (χ0n) is 12.0. The van der Waals surface area contributed by atoms with Crippen molar-refractivity contribution < 1.29 is 19.7 Å². The van der Waals surface area contributed by atoms with Gasteiger partial charge < -0.3 is 19.7 Å². The summed E-state index contributed by atoms with van der Waals surface area (Å²) in [5.41, 5.74) is 0.441. The van der Waals surface area contributed by atoms with Gasteiger partial charge in [-0.3, -0.25) is 4.79 Å². The SMILES string of the molecule is Cc1cc(C#N)c2oc(-c3ccc(O)c(O)c3)c(O)c(=O)c2c1. The number of phenols is 2. The van der Waals surface area contributed by atoms with Gasteiger partial charge in [0.05, 0.1) is 10.9 Å². The summed E-state index contributed by atoms with van der Waals surface area (Å²) in [5, 5.41) is 38.4. The summed E-state index contributed by atoms with van der Waals surface area (Å²) in [7, 11) is 0. The summed E-state index contributed by atoms with van der Waals surface area (Å²) < 4.78 is 5.57. The van der Waals surface area contributed by atoms with Crippen LogP contribution in [0.5, 0.6) is 17.2 Å². The number of hydrogen-bond donors (Lipinski definition) is 3. The smallest absolute Gasteiger partial charge is 0.235 e. The Balaban J connectivity index is 2.41. The van der Waals surface area contributed by atoms with E-state index in [0.717, 1.165) is 6.07 Å². The summed E-state index contributed by atoms with van der Waals surface area (Å²) in [6, 6.07) is 8.78. The van der Waals surface area contributed by atoms with Gasteiger partial charge in [0.15, 0.2) is 22.8 Å². The quantitative estimate of drug-likeness (QED) is 0.595. The van der Waals surface area contributed by atoms with Crippen LogP contribution in [0, 0.1) is 18.3 Å². The number of rotatable bonds is 1. The molecule has 1 aromatic heterocycles. The molecule has 0 bridgehead atoms. The van der Waals surface area contributed by atoms with E-state index in [-0.39, 0.29) is 33.6 Å². The lowest BCUT2D eigenvalue weighted by Gasteiger charge is -2.08. The number of phenolic OH excluding ortho intramolecular Hbond substituents is 2. The fourth-order valence-corrected chi connectivity index (χ4v) is 2.38. The predicted molar refractivity (Wildman–Crippen MR) is 82.4 cm³/mol. The molecule has 3 rings (SSSR count). The highest BCUT2D eigenvalue weighted by Crippen LogP contribution is 2.35. The van der Waals surface area contributed by atoms with Crippen molar-refractivity contribution in [2.24, 2.45) is 0 Å². The fraction of sp³-hybridized carbons (Fsp3) is 0.0588. The molecule has 0 fully saturated rings. The minimum absolute atomic E-state index is 0.0588. The largest absolute Gasteiger partial charge is 0.504 e. The van der Waals surface area contributed by atoms with Crippen molar-refractivity contribution in [3.8, 4) is 34.6 Å². The molecule has 2 aromatic carbocycles. The van der Waals surface area contributed by atoms with E-state index in [1.54, 1.807) is 13.0 Å². The number of aryl methyl sites for hydroxylation is 1. The molecule has 0 aliphatic rings. The van der Waals surface area contributed by atoms with Gasteiger partial charge in [-0.1, -0.05) is 0 Å². The van der Waals surface area contributed by atoms with Crippen molar-refractivity contribution in [1.82, 2.24) is 0 Å². The van der Waals surface area contributed by atoms with Crippen molar-refractivity contribution in [2.45, 2.75) is 6.92 Å². The molecule has 3 N–H and O–H groups in total. The molecule has 0 radical (unpaired) electrons. The Labute approximate surface area is 130 Å². The zero-order valence-corrected chi connectivity index (χ0v) is 12.0. The van der Waals surface area contributed by atoms with E-state index in [1.807, 2.05) is 6.07 Å². The molecule has 3 aromatic rings. The lowest BCUT2D eigenvalue weighted by Crippen LogP contribution is -2.04. The third-order valence-corrected chi connectivity index (χ3v) is 3.47. The van der Waals surface area contributed by atoms with E-state index < -0.39 is 16.9 Å². The average molecular weight is 309 g/mol. The van der Waals surface area contributed by atoms with Gasteiger partial charge in [-0.25, -0.2) is 0 Å². The van der Waals surface area contributed by atoms with E-state index in [0.29, 0.717) is 5.56 Å². The molecule has 0 spiro atoms. The van der Waals surface area contributed by atoms with Crippen LogP contribution in [-0.2, 0) is 0 Å². The molecule has 0 amide bonds. The monoisotopic (exact) mass is 309 g/mol. The van der Waals surface area contributed by atoms with Gasteiger partial charge in [0, 0.05) is 5.56 Å². The number of hydrogen-bond acceptors (Lipinski definition) is 6. The van der Waals surface area contributed by atoms with Crippen LogP contribution in [0.1, 0.15) is 11.1 Å². The number of aromatic hydroxyl groups is 3. The Morgan fingerprint density at radius 3 is 2.48 bits per heavy atom. The Bertz CT molecular complexity index is 1040. The molecular weight excluding hydrogens is 298 g/mol. The first-order valence-corrected chi connectivity index (χ1v) is 6.65. The molecule has 1 heterocycles. The first-order valence-electron chi connectivity index (χ1n) is 6.65. The second-order valence-corrected chi connectivity index (χ2v) is 5.11. The van der Waals surface area contributed by atoms with Gasteiger partial charge in [-0.15, -0.1) is 0 Å². The van der Waals surface area contributed by atoms with Gasteiger partial charge in [-0.05, 0) is 42.8 Å². The Kier molecular flexibility index (Phi) is 3.19. The van der Waals surface area contributed by atoms with Crippen molar-refractivity contribution in [2.75, 3.05) is 0 Å². The second-order valence-electron chi connectivity index (χ2n) is 5.11. The van der Waals surface area contributed by atoms with Crippen LogP contribution in [0.2, 0.25) is 0 Å². The van der Waals surface area contributed by atoms with Crippen molar-refractivity contribution in [3.63, 3.8) is 0 Å². The molecule has 0 atom stereocenters. The maximum Gasteiger partial charge on any atom is 0.235 e. The molecule has 0 aliphatic heterocycles. The molecule has 0 saturated carbocycles. The minimum atomic E-state index is -0.672. The maximum absolute atomic E-state index is 12.4. The maximum atomic E-state index is 12.4. The molecule has 0 saturated heterocycles. The minimum Gasteiger partial charge on any atom is -0.504 e. The Morgan fingerprint density at radius 2 is 1.83 bits per heavy atom. The average Bonchev–Trinajstić information content (AvgIpc) is 2.53. The lowest BCUT2D eigenvalue weighted by atomic mass is 10.0. The summed E-state index contributed by atoms with van der Waals surface area (Å²) in [6.07, 6.45) is 0. The van der Waals surface area contributed by atoms with Crippen molar-refractivity contribution in [1.29, 1.82) is 5.26 Å². The molecular formula is C17H11NO5. The number of nitrogens with zero attached hydrogens (tertiary/aromatic N) is 1. The van der Waals surface area contributed by atoms with E-state index >= 15 is 0 Å². The molecule has 6 heteroatoms. The Morgan fingerprint density at radius 1 is 1.09 bits per heavy atom. The molecule has 0 unspecified atom stereocenters. The highest BCUT2D eigenvalue weighted by Gasteiger charge is 2.18. The molecule has 6 nitrogen and oxygen atoms in total. The number of nitriles is 1. The normalized spacial score (nSPS) is 10.6. The van der Waals surface area contributed by atoms with Crippen LogP contribution in [0.4, 0.5) is 0 Å². The van der Waals surface area contributed by atoms with Crippen LogP contribution in [0.25, 0.3) is 22.3 Å². The van der Waals surface area contributed by atoms with Gasteiger partial charge in [0.2, 0.25) is 11.2 Å². The van der Waals surface area contributed by atoms with E-state index in [9.17, 15) is 25.4 Å². The van der Waals surface area contributed by atoms with Crippen LogP contribution >= 0.6 is 0 Å². The van der Waals surface area contributed by atoms with Crippen LogP contribution in [-0.4, -0.2) is 15.3 Å². The topological polar surface area (TPSA) is 115 Å². The lowest BCUT2D eigenvalue weighted by molar-refractivity contribution is 0.403. The summed E-state index contributed by atoms with van der Waals surface area (Å²) in [6.45, 7) is 1.72. The summed E-state index contributed by atoms with van der Waals surface area (Å²) in [5.74, 6) is -1.57. The van der Waals surface area contributed by atoms with E-state index in [2.05, 4.69) is 0 Å². The Hall–Kier alpha value is -3.46. The van der Waals surface area contributed by atoms with Gasteiger partial charge in [0.25, 0.3) is 0 Å². The van der Waals surface area contributed by atoms with E-state index in [1.165, 1.54) is 18.2 Å². The second kappa shape index (κ2) is 5.07. The van der Waals surface area contributed by atoms with Crippen LogP contribution in [0.3, 0.4) is 0 Å². The van der Waals surface area contributed by atoms with Crippen molar-refractivity contribution >= 4 is 11.0 Å². The van der Waals surface area contributed by atoms with Gasteiger partial charge in [0.1, 0.15) is 6.07 Å². The summed E-state index contributed by atoms with van der Waals surface area (Å²) in [4.78, 5) is 12.4. The number of fused-ring (bicyclic) bond motifs is 1. The van der Waals surface area contributed by atoms with Gasteiger partial charge >= 0.3 is 0 Å². The first kappa shape index (κ1) is 14.5. The summed E-state index contributed by atoms with van der Waals surface area (Å²) >= 11 is 0. The predicted octanol–water partition coefficient (Wildman–Crippen LogP) is 2.76. The standard InChI is InChI=1S/C17H11NO5/c1-8-4-10(7-18)16-11(5-8)14(21)15(22)17(23-16)9-2-3-12(19)13(20)6-9/h2-6,19-20,22H,1H3. The fourth-order valence-electron chi connectivity index (χ4n) is 2.38. The number of benzene rings is 2. The zero-order chi connectivity index (χ0) is 16.7. The first-order chi connectivity index (χ1) is 10.9. The van der Waals surface area contributed by atoms with Crippen LogP contribution < -0.4 is 5.43 Å². The van der Waals surface area contributed by atoms with Crippen LogP contribution in [0.15, 0.2) is 39.5 Å². The van der Waals surface area contributed by atoms with Gasteiger partial charge in [-0.2, -0.15) is 5.26 Å². The third-order valence-electron chi connectivity index (χ3n) is 3.47. The highest BCUT2D eigenvalue weighted by molar-refractivity contribution is 5.86. The molecule has 114 valence electrons. The third kappa shape index (κ3) is 2.24.